The Kier molecular flexibility index (Phi) is 3.71. The summed E-state index contributed by atoms with van der Waals surface area (Å²) in [4.78, 5) is 22.2. The molecule has 1 unspecified atom stereocenters. The number of methoxy groups -OCH3 is 1. The average Bonchev–Trinajstić information content (AvgIpc) is 3.32. The van der Waals surface area contributed by atoms with E-state index in [9.17, 15) is 4.79 Å². The molecule has 0 aromatic carbocycles. The first-order valence-electron chi connectivity index (χ1n) is 7.08. The second kappa shape index (κ2) is 5.64. The molecule has 6 heteroatoms. The molecule has 1 aromatic heterocycles. The summed E-state index contributed by atoms with van der Waals surface area (Å²) >= 11 is 0. The van der Waals surface area contributed by atoms with Crippen LogP contribution < -0.4 is 9.47 Å². The molecule has 108 valence electrons. The highest BCUT2D eigenvalue weighted by molar-refractivity contribution is 5.81. The van der Waals surface area contributed by atoms with Gasteiger partial charge in [0.2, 0.25) is 5.91 Å². The maximum atomic E-state index is 12.1. The highest BCUT2D eigenvalue weighted by atomic mass is 16.5. The van der Waals surface area contributed by atoms with Crippen molar-refractivity contribution in [2.45, 2.75) is 31.8 Å². The van der Waals surface area contributed by atoms with Gasteiger partial charge in [-0.25, -0.2) is 9.97 Å². The van der Waals surface area contributed by atoms with Crippen LogP contribution in [0.15, 0.2) is 12.4 Å². The molecular formula is C14H19N3O3. The van der Waals surface area contributed by atoms with Gasteiger partial charge in [0.1, 0.15) is 6.10 Å². The Hall–Kier alpha value is -1.85. The van der Waals surface area contributed by atoms with Crippen molar-refractivity contribution in [3.63, 3.8) is 0 Å². The summed E-state index contributed by atoms with van der Waals surface area (Å²) in [6.07, 6.45) is 7.08. The lowest BCUT2D eigenvalue weighted by atomic mass is 10.1. The molecule has 0 bridgehead atoms. The van der Waals surface area contributed by atoms with E-state index in [1.54, 1.807) is 19.5 Å². The number of ether oxygens (including phenoxy) is 2. The maximum Gasteiger partial charge on any atom is 0.278 e. The molecule has 2 aliphatic rings. The van der Waals surface area contributed by atoms with Crippen molar-refractivity contribution in [1.82, 2.24) is 14.9 Å². The molecule has 1 atom stereocenters. The molecule has 2 heterocycles. The van der Waals surface area contributed by atoms with Gasteiger partial charge in [-0.15, -0.1) is 0 Å². The third-order valence-corrected chi connectivity index (χ3v) is 3.72. The third kappa shape index (κ3) is 2.84. The highest BCUT2D eigenvalue weighted by Gasteiger charge is 2.36. The maximum absolute atomic E-state index is 12.1. The molecule has 1 amide bonds. The second-order valence-corrected chi connectivity index (χ2v) is 5.31. The Morgan fingerprint density at radius 1 is 1.25 bits per heavy atom. The van der Waals surface area contributed by atoms with Crippen molar-refractivity contribution in [2.75, 3.05) is 20.2 Å². The summed E-state index contributed by atoms with van der Waals surface area (Å²) in [7, 11) is 1.54. The van der Waals surface area contributed by atoms with Gasteiger partial charge in [0.05, 0.1) is 13.7 Å². The summed E-state index contributed by atoms with van der Waals surface area (Å²) in [5.41, 5.74) is 0. The molecule has 1 saturated carbocycles. The predicted molar refractivity (Wildman–Crippen MR) is 71.5 cm³/mol. The van der Waals surface area contributed by atoms with E-state index in [1.165, 1.54) is 0 Å². The van der Waals surface area contributed by atoms with Crippen molar-refractivity contribution in [3.8, 4) is 11.8 Å². The molecule has 3 rings (SSSR count). The van der Waals surface area contributed by atoms with E-state index in [4.69, 9.17) is 9.47 Å². The van der Waals surface area contributed by atoms with Gasteiger partial charge in [0.25, 0.3) is 11.8 Å². The number of piperidine rings is 1. The van der Waals surface area contributed by atoms with Crippen molar-refractivity contribution in [2.24, 2.45) is 5.92 Å². The first-order valence-corrected chi connectivity index (χ1v) is 7.08. The minimum absolute atomic E-state index is 0.0305. The van der Waals surface area contributed by atoms with Crippen molar-refractivity contribution in [1.29, 1.82) is 0 Å². The summed E-state index contributed by atoms with van der Waals surface area (Å²) in [6.45, 7) is 1.47. The van der Waals surface area contributed by atoms with Crippen LogP contribution in [-0.4, -0.2) is 47.1 Å². The molecule has 0 radical (unpaired) electrons. The molecule has 6 nitrogen and oxygen atoms in total. The van der Waals surface area contributed by atoms with Gasteiger partial charge in [-0.05, 0) is 25.7 Å². The number of carbonyl (C=O) groups is 1. The SMILES string of the molecule is COc1nccnc1OC1CCCN(C(=O)C2CC2)C1. The van der Waals surface area contributed by atoms with E-state index in [1.807, 2.05) is 4.90 Å². The van der Waals surface area contributed by atoms with Crippen LogP contribution in [0.2, 0.25) is 0 Å². The van der Waals surface area contributed by atoms with Crippen LogP contribution in [0.4, 0.5) is 0 Å². The van der Waals surface area contributed by atoms with Gasteiger partial charge in [-0.2, -0.15) is 0 Å². The summed E-state index contributed by atoms with van der Waals surface area (Å²) in [5, 5.41) is 0. The van der Waals surface area contributed by atoms with E-state index >= 15 is 0 Å². The Bertz CT molecular complexity index is 490. The second-order valence-electron chi connectivity index (χ2n) is 5.31. The lowest BCUT2D eigenvalue weighted by Crippen LogP contribution is -2.45. The minimum Gasteiger partial charge on any atom is -0.477 e. The predicted octanol–water partition coefficient (Wildman–Crippen LogP) is 1.26. The first-order chi connectivity index (χ1) is 9.78. The molecule has 1 aliphatic heterocycles. The molecule has 1 saturated heterocycles. The monoisotopic (exact) mass is 277 g/mol. The Morgan fingerprint density at radius 3 is 2.70 bits per heavy atom. The van der Waals surface area contributed by atoms with Crippen molar-refractivity contribution >= 4 is 5.91 Å². The molecule has 1 aliphatic carbocycles. The summed E-state index contributed by atoms with van der Waals surface area (Å²) in [5.74, 6) is 1.34. The number of rotatable bonds is 4. The van der Waals surface area contributed by atoms with E-state index in [-0.39, 0.29) is 17.9 Å². The van der Waals surface area contributed by atoms with E-state index in [2.05, 4.69) is 9.97 Å². The summed E-state index contributed by atoms with van der Waals surface area (Å²) < 4.78 is 11.0. The number of aromatic nitrogens is 2. The Morgan fingerprint density at radius 2 is 2.00 bits per heavy atom. The van der Waals surface area contributed by atoms with Crippen LogP contribution in [0.1, 0.15) is 25.7 Å². The molecule has 2 fully saturated rings. The Labute approximate surface area is 118 Å². The van der Waals surface area contributed by atoms with Gasteiger partial charge >= 0.3 is 0 Å². The molecule has 1 aromatic rings. The number of amides is 1. The van der Waals surface area contributed by atoms with Gasteiger partial charge in [0.15, 0.2) is 0 Å². The number of likely N-dealkylation sites (tertiary alicyclic amines) is 1. The zero-order chi connectivity index (χ0) is 13.9. The zero-order valence-corrected chi connectivity index (χ0v) is 11.6. The topological polar surface area (TPSA) is 64.6 Å². The van der Waals surface area contributed by atoms with Crippen LogP contribution >= 0.6 is 0 Å². The van der Waals surface area contributed by atoms with Crippen molar-refractivity contribution in [3.05, 3.63) is 12.4 Å². The largest absolute Gasteiger partial charge is 0.477 e. The molecule has 0 N–H and O–H groups in total. The first kappa shape index (κ1) is 13.1. The summed E-state index contributed by atoms with van der Waals surface area (Å²) in [6, 6.07) is 0. The van der Waals surface area contributed by atoms with E-state index < -0.39 is 0 Å². The lowest BCUT2D eigenvalue weighted by molar-refractivity contribution is -0.135. The van der Waals surface area contributed by atoms with E-state index in [0.717, 1.165) is 32.2 Å². The zero-order valence-electron chi connectivity index (χ0n) is 11.6. The fourth-order valence-electron chi connectivity index (χ4n) is 2.51. The molecule has 0 spiro atoms. The normalized spacial score (nSPS) is 22.4. The average molecular weight is 277 g/mol. The minimum atomic E-state index is -0.0305. The van der Waals surface area contributed by atoms with Gasteiger partial charge < -0.3 is 14.4 Å². The van der Waals surface area contributed by atoms with Crippen molar-refractivity contribution < 1.29 is 14.3 Å². The van der Waals surface area contributed by atoms with Crippen LogP contribution in [0.3, 0.4) is 0 Å². The Balaban J connectivity index is 1.63. The van der Waals surface area contributed by atoms with Gasteiger partial charge in [0, 0.05) is 24.9 Å². The molecule has 20 heavy (non-hydrogen) atoms. The van der Waals surface area contributed by atoms with Crippen LogP contribution in [0, 0.1) is 5.92 Å². The fraction of sp³-hybridized carbons (Fsp3) is 0.643. The number of hydrogen-bond donors (Lipinski definition) is 0. The van der Waals surface area contributed by atoms with Crippen LogP contribution in [0.25, 0.3) is 0 Å². The number of hydrogen-bond acceptors (Lipinski definition) is 5. The lowest BCUT2D eigenvalue weighted by Gasteiger charge is -2.32. The van der Waals surface area contributed by atoms with Crippen LogP contribution in [0.5, 0.6) is 11.8 Å². The van der Waals surface area contributed by atoms with E-state index in [0.29, 0.717) is 18.3 Å². The molecular weight excluding hydrogens is 258 g/mol. The fourth-order valence-corrected chi connectivity index (χ4v) is 2.51. The van der Waals surface area contributed by atoms with Gasteiger partial charge in [-0.3, -0.25) is 4.79 Å². The highest BCUT2D eigenvalue weighted by Crippen LogP contribution is 2.32. The number of nitrogens with zero attached hydrogens (tertiary/aromatic N) is 3. The quantitative estimate of drug-likeness (QED) is 0.829. The smallest absolute Gasteiger partial charge is 0.278 e. The van der Waals surface area contributed by atoms with Crippen LogP contribution in [-0.2, 0) is 4.79 Å². The third-order valence-electron chi connectivity index (χ3n) is 3.72. The standard InChI is InChI=1S/C14H19N3O3/c1-19-12-13(16-7-6-15-12)20-11-3-2-8-17(9-11)14(18)10-4-5-10/h6-7,10-11H,2-5,8-9H2,1H3. The number of carbonyl (C=O) groups excluding carboxylic acids is 1. The van der Waals surface area contributed by atoms with Gasteiger partial charge in [-0.1, -0.05) is 0 Å².